The fourth-order valence-electron chi connectivity index (χ4n) is 1.46. The van der Waals surface area contributed by atoms with Crippen LogP contribution in [-0.4, -0.2) is 29.6 Å². The van der Waals surface area contributed by atoms with Crippen LogP contribution in [0.5, 0.6) is 0 Å². The number of rotatable bonds is 8. The number of unbranched alkanes of at least 4 members (excludes halogenated alkanes) is 3. The maximum atomic E-state index is 10.8. The van der Waals surface area contributed by atoms with E-state index in [0.29, 0.717) is 6.42 Å². The molecule has 17 heavy (non-hydrogen) atoms. The number of aromatic nitrogens is 2. The summed E-state index contributed by atoms with van der Waals surface area (Å²) in [6.07, 6.45) is 9.67. The number of carbonyl (C=O) groups is 1. The van der Waals surface area contributed by atoms with Gasteiger partial charge in [0.25, 0.3) is 0 Å². The minimum atomic E-state index is -0.123. The van der Waals surface area contributed by atoms with Gasteiger partial charge in [0, 0.05) is 25.4 Å². The van der Waals surface area contributed by atoms with Crippen molar-refractivity contribution in [3.8, 4) is 0 Å². The van der Waals surface area contributed by atoms with Gasteiger partial charge in [0.2, 0.25) is 0 Å². The Kier molecular flexibility index (Phi) is 6.70. The highest BCUT2D eigenvalue weighted by molar-refractivity contribution is 5.68. The molecule has 0 aromatic carbocycles. The molecule has 1 heterocycles. The molecule has 0 aliphatic rings. The van der Waals surface area contributed by atoms with E-state index in [1.54, 1.807) is 18.6 Å². The molecule has 94 valence electrons. The average molecular weight is 237 g/mol. The molecule has 0 atom stereocenters. The van der Waals surface area contributed by atoms with Crippen LogP contribution in [0.15, 0.2) is 18.6 Å². The van der Waals surface area contributed by atoms with Crippen molar-refractivity contribution in [1.29, 1.82) is 0 Å². The third-order valence-corrected chi connectivity index (χ3v) is 2.40. The fraction of sp³-hybridized carbons (Fsp3) is 0.583. The molecule has 0 fully saturated rings. The molecule has 0 spiro atoms. The minimum Gasteiger partial charge on any atom is -0.469 e. The van der Waals surface area contributed by atoms with E-state index >= 15 is 0 Å². The van der Waals surface area contributed by atoms with Crippen LogP contribution < -0.4 is 5.32 Å². The number of hydrogen-bond acceptors (Lipinski definition) is 5. The van der Waals surface area contributed by atoms with Crippen LogP contribution in [0.25, 0.3) is 0 Å². The summed E-state index contributed by atoms with van der Waals surface area (Å²) >= 11 is 0. The van der Waals surface area contributed by atoms with Crippen LogP contribution in [-0.2, 0) is 9.53 Å². The van der Waals surface area contributed by atoms with E-state index in [-0.39, 0.29) is 5.97 Å². The third-order valence-electron chi connectivity index (χ3n) is 2.40. The predicted molar refractivity (Wildman–Crippen MR) is 65.6 cm³/mol. The van der Waals surface area contributed by atoms with E-state index in [1.807, 2.05) is 0 Å². The van der Waals surface area contributed by atoms with E-state index in [1.165, 1.54) is 7.11 Å². The van der Waals surface area contributed by atoms with Crippen molar-refractivity contribution in [3.05, 3.63) is 18.6 Å². The molecular formula is C12H19N3O2. The van der Waals surface area contributed by atoms with Crippen molar-refractivity contribution in [2.45, 2.75) is 32.1 Å². The van der Waals surface area contributed by atoms with Crippen molar-refractivity contribution in [2.75, 3.05) is 19.0 Å². The van der Waals surface area contributed by atoms with Gasteiger partial charge in [-0.05, 0) is 12.8 Å². The Morgan fingerprint density at radius 2 is 2.12 bits per heavy atom. The van der Waals surface area contributed by atoms with Gasteiger partial charge in [0.15, 0.2) is 0 Å². The Bertz CT molecular complexity index is 317. The van der Waals surface area contributed by atoms with E-state index < -0.39 is 0 Å². The second-order valence-corrected chi connectivity index (χ2v) is 3.76. The highest BCUT2D eigenvalue weighted by Gasteiger charge is 1.99. The van der Waals surface area contributed by atoms with Crippen LogP contribution in [0, 0.1) is 0 Å². The average Bonchev–Trinajstić information content (AvgIpc) is 2.38. The lowest BCUT2D eigenvalue weighted by Gasteiger charge is -2.04. The first-order valence-electron chi connectivity index (χ1n) is 5.89. The number of esters is 1. The molecule has 0 saturated heterocycles. The highest BCUT2D eigenvalue weighted by atomic mass is 16.5. The lowest BCUT2D eigenvalue weighted by molar-refractivity contribution is -0.140. The number of nitrogens with zero attached hydrogens (tertiary/aromatic N) is 2. The summed E-state index contributed by atoms with van der Waals surface area (Å²) in [4.78, 5) is 18.9. The first-order chi connectivity index (χ1) is 8.33. The molecule has 0 aliphatic heterocycles. The maximum Gasteiger partial charge on any atom is 0.305 e. The van der Waals surface area contributed by atoms with Gasteiger partial charge in [-0.25, -0.2) is 4.98 Å². The van der Waals surface area contributed by atoms with Gasteiger partial charge in [-0.1, -0.05) is 12.8 Å². The van der Waals surface area contributed by atoms with Crippen molar-refractivity contribution < 1.29 is 9.53 Å². The lowest BCUT2D eigenvalue weighted by Crippen LogP contribution is -2.03. The monoisotopic (exact) mass is 237 g/mol. The molecule has 0 radical (unpaired) electrons. The number of ether oxygens (including phenoxy) is 1. The maximum absolute atomic E-state index is 10.8. The van der Waals surface area contributed by atoms with Crippen LogP contribution in [0.3, 0.4) is 0 Å². The molecule has 0 aliphatic carbocycles. The van der Waals surface area contributed by atoms with E-state index in [2.05, 4.69) is 20.0 Å². The Balaban J connectivity index is 1.93. The first-order valence-corrected chi connectivity index (χ1v) is 5.89. The molecule has 1 N–H and O–H groups in total. The van der Waals surface area contributed by atoms with E-state index in [9.17, 15) is 4.79 Å². The molecule has 0 saturated carbocycles. The molecule has 1 aromatic rings. The summed E-state index contributed by atoms with van der Waals surface area (Å²) in [6.45, 7) is 0.886. The number of anilines is 1. The molecule has 0 amide bonds. The van der Waals surface area contributed by atoms with Gasteiger partial charge in [-0.15, -0.1) is 0 Å². The van der Waals surface area contributed by atoms with Gasteiger partial charge in [0.1, 0.15) is 5.82 Å². The van der Waals surface area contributed by atoms with Crippen molar-refractivity contribution >= 4 is 11.8 Å². The van der Waals surface area contributed by atoms with Crippen LogP contribution >= 0.6 is 0 Å². The lowest BCUT2D eigenvalue weighted by atomic mass is 10.1. The summed E-state index contributed by atoms with van der Waals surface area (Å²) in [7, 11) is 1.42. The summed E-state index contributed by atoms with van der Waals surface area (Å²) in [5, 5.41) is 3.19. The minimum absolute atomic E-state index is 0.123. The summed E-state index contributed by atoms with van der Waals surface area (Å²) in [5.74, 6) is 0.685. The summed E-state index contributed by atoms with van der Waals surface area (Å²) in [5.41, 5.74) is 0. The number of carbonyl (C=O) groups excluding carboxylic acids is 1. The predicted octanol–water partition coefficient (Wildman–Crippen LogP) is 2.01. The van der Waals surface area contributed by atoms with Gasteiger partial charge in [-0.2, -0.15) is 0 Å². The Labute approximate surface area is 102 Å². The smallest absolute Gasteiger partial charge is 0.305 e. The van der Waals surface area contributed by atoms with Crippen LogP contribution in [0.1, 0.15) is 32.1 Å². The van der Waals surface area contributed by atoms with Gasteiger partial charge >= 0.3 is 5.97 Å². The van der Waals surface area contributed by atoms with Crippen molar-refractivity contribution in [2.24, 2.45) is 0 Å². The Morgan fingerprint density at radius 3 is 2.82 bits per heavy atom. The number of nitrogens with one attached hydrogen (secondary N) is 1. The van der Waals surface area contributed by atoms with Gasteiger partial charge < -0.3 is 10.1 Å². The largest absolute Gasteiger partial charge is 0.469 e. The second-order valence-electron chi connectivity index (χ2n) is 3.76. The van der Waals surface area contributed by atoms with Gasteiger partial charge in [0.05, 0.1) is 13.3 Å². The second kappa shape index (κ2) is 8.50. The van der Waals surface area contributed by atoms with E-state index in [4.69, 9.17) is 0 Å². The zero-order valence-corrected chi connectivity index (χ0v) is 10.2. The molecule has 0 bridgehead atoms. The van der Waals surface area contributed by atoms with Gasteiger partial charge in [-0.3, -0.25) is 9.78 Å². The standard InChI is InChI=1S/C12H19N3O2/c1-17-12(16)6-4-2-3-5-7-14-11-10-13-8-9-15-11/h8-10H,2-7H2,1H3,(H,14,15). The fourth-order valence-corrected chi connectivity index (χ4v) is 1.46. The van der Waals surface area contributed by atoms with Crippen LogP contribution in [0.2, 0.25) is 0 Å². The molecular weight excluding hydrogens is 218 g/mol. The molecule has 1 rings (SSSR count). The number of methoxy groups -OCH3 is 1. The molecule has 1 aromatic heterocycles. The topological polar surface area (TPSA) is 64.1 Å². The number of hydrogen-bond donors (Lipinski definition) is 1. The Hall–Kier alpha value is -1.65. The highest BCUT2D eigenvalue weighted by Crippen LogP contribution is 2.04. The van der Waals surface area contributed by atoms with Crippen molar-refractivity contribution in [1.82, 2.24) is 9.97 Å². The summed E-state index contributed by atoms with van der Waals surface area (Å²) in [6, 6.07) is 0. The SMILES string of the molecule is COC(=O)CCCCCCNc1cnccn1. The Morgan fingerprint density at radius 1 is 1.29 bits per heavy atom. The molecule has 5 heteroatoms. The summed E-state index contributed by atoms with van der Waals surface area (Å²) < 4.78 is 4.57. The van der Waals surface area contributed by atoms with E-state index in [0.717, 1.165) is 38.0 Å². The third kappa shape index (κ3) is 6.50. The van der Waals surface area contributed by atoms with Crippen molar-refractivity contribution in [3.63, 3.8) is 0 Å². The van der Waals surface area contributed by atoms with Crippen LogP contribution in [0.4, 0.5) is 5.82 Å². The molecule has 5 nitrogen and oxygen atoms in total. The normalized spacial score (nSPS) is 9.94. The first kappa shape index (κ1) is 13.4. The molecule has 0 unspecified atom stereocenters. The zero-order valence-electron chi connectivity index (χ0n) is 10.2. The quantitative estimate of drug-likeness (QED) is 0.553. The zero-order chi connectivity index (χ0) is 12.3.